The minimum Gasteiger partial charge on any atom is -0.489 e. The van der Waals surface area contributed by atoms with Crippen molar-refractivity contribution in [3.63, 3.8) is 0 Å². The summed E-state index contributed by atoms with van der Waals surface area (Å²) in [6.45, 7) is 1.94. The molecule has 0 saturated carbocycles. The molecule has 4 heteroatoms. The maximum Gasteiger partial charge on any atom is 0.150 e. The predicted octanol–water partition coefficient (Wildman–Crippen LogP) is 22.6. The van der Waals surface area contributed by atoms with Crippen LogP contribution >= 0.6 is 0 Å². The van der Waals surface area contributed by atoms with Gasteiger partial charge in [-0.1, -0.05) is 60.7 Å². The number of aldehydes is 1. The van der Waals surface area contributed by atoms with E-state index in [9.17, 15) is 4.79 Å². The first-order chi connectivity index (χ1) is 46.6. The molecule has 1 atom stereocenters. The van der Waals surface area contributed by atoms with Gasteiger partial charge in [-0.25, -0.2) is 0 Å². The van der Waals surface area contributed by atoms with Gasteiger partial charge >= 0.3 is 0 Å². The number of likely N-dealkylation sites (N-methyl/N-ethyl adjacent to an activating group) is 1. The Kier molecular flexibility index (Phi) is 4.36. The van der Waals surface area contributed by atoms with Crippen molar-refractivity contribution in [3.8, 4) is 22.6 Å². The first-order valence-corrected chi connectivity index (χ1v) is 34.2. The fourth-order valence-electron chi connectivity index (χ4n) is 28.9. The fourth-order valence-corrected chi connectivity index (χ4v) is 28.9. The van der Waals surface area contributed by atoms with Gasteiger partial charge in [-0.15, -0.1) is 0 Å². The molecule has 0 aromatic heterocycles. The molecular formula is C90H27NO3. The Hall–Kier alpha value is -11.4. The molecule has 410 valence electrons. The average molecular weight is 1170 g/mol. The van der Waals surface area contributed by atoms with E-state index in [0.717, 1.165) is 41.0 Å². The van der Waals surface area contributed by atoms with E-state index in [4.69, 9.17) is 9.47 Å². The molecule has 1 heterocycles. The second-order valence-electron chi connectivity index (χ2n) is 32.0. The number of ether oxygens (including phenoxy) is 2. The first kappa shape index (κ1) is 39.7. The van der Waals surface area contributed by atoms with E-state index in [-0.39, 0.29) is 11.5 Å². The van der Waals surface area contributed by atoms with Gasteiger partial charge in [0.2, 0.25) is 0 Å². The highest BCUT2D eigenvalue weighted by Crippen LogP contribution is 2.87. The largest absolute Gasteiger partial charge is 0.489 e. The number of carbonyl (C=O) groups is 1. The summed E-state index contributed by atoms with van der Waals surface area (Å²) in [5.41, 5.74) is 12.8. The lowest BCUT2D eigenvalue weighted by atomic mass is 9.47. The number of nitrogens with zero attached hydrogens (tertiary/aromatic N) is 1. The zero-order valence-electron chi connectivity index (χ0n) is 49.2. The van der Waals surface area contributed by atoms with Crippen LogP contribution in [-0.4, -0.2) is 24.8 Å². The second-order valence-corrected chi connectivity index (χ2v) is 32.0. The van der Waals surface area contributed by atoms with Crippen LogP contribution in [0.25, 0.3) is 302 Å². The molecule has 4 aliphatic carbocycles. The molecule has 1 aliphatic heterocycles. The molecule has 1 unspecified atom stereocenters. The fraction of sp³-hybridized carbons (Fsp3) is 0.0778. The van der Waals surface area contributed by atoms with E-state index in [0.29, 0.717) is 18.8 Å². The summed E-state index contributed by atoms with van der Waals surface area (Å²) in [4.78, 5) is 14.1. The van der Waals surface area contributed by atoms with E-state index in [1.54, 1.807) is 325 Å². The van der Waals surface area contributed by atoms with Crippen LogP contribution in [0.4, 0.5) is 0 Å². The molecule has 94 heavy (non-hydrogen) atoms. The molecule has 0 N–H and O–H groups in total. The Labute approximate surface area is 521 Å². The first-order valence-electron chi connectivity index (χ1n) is 34.2. The molecule has 37 rings (SSSR count). The third-order valence-corrected chi connectivity index (χ3v) is 30.2. The van der Waals surface area contributed by atoms with Crippen molar-refractivity contribution in [1.82, 2.24) is 4.90 Å². The summed E-state index contributed by atoms with van der Waals surface area (Å²) in [5, 5.41) is 89.0. The van der Waals surface area contributed by atoms with E-state index in [2.05, 4.69) is 84.7 Å². The smallest absolute Gasteiger partial charge is 0.150 e. The standard InChI is InChI=1S/C90H27NO3/c1-91-21-89-84-76-68-58-48-40-32-30-31-34-38-36(32)44-52-46(38)56-50-42(34)43-35(31)39-37-33(30)41(40)49-55-45(37)53-47(39)57-51(43)61-60(50)72-66(56)74-64(52)70(62(68)54(44)48)78(84)80(74)86-82(72)83-73(61)67(57)75-65(53)71-63(55)69(59(49)58)77(76)85(89)79(71)81(75)87(83)90(86,89)88(91)27-12-16-29(17-13-27)94-20-24-4-10-26(11-5-24)25-8-2-23(3-9-25)19-93-28-14-6-22(18-92)7-15-28/h2-18,88H,19-21H2,1H3. The summed E-state index contributed by atoms with van der Waals surface area (Å²) >= 11 is 0. The molecule has 4 nitrogen and oxygen atoms in total. The van der Waals surface area contributed by atoms with Crippen LogP contribution in [0.2, 0.25) is 0 Å². The van der Waals surface area contributed by atoms with Gasteiger partial charge in [0.15, 0.2) is 0 Å². The molecule has 0 bridgehead atoms. The lowest BCUT2D eigenvalue weighted by molar-refractivity contribution is 0.112. The van der Waals surface area contributed by atoms with Gasteiger partial charge in [0.25, 0.3) is 0 Å². The minimum absolute atomic E-state index is 0.0630. The van der Waals surface area contributed by atoms with Crippen LogP contribution in [0.15, 0.2) is 97.1 Å². The van der Waals surface area contributed by atoms with Gasteiger partial charge in [-0.2, -0.15) is 0 Å². The molecule has 32 aromatic carbocycles. The van der Waals surface area contributed by atoms with Crippen molar-refractivity contribution in [2.24, 2.45) is 0 Å². The maximum atomic E-state index is 11.1. The van der Waals surface area contributed by atoms with Gasteiger partial charge < -0.3 is 9.47 Å². The molecule has 2 spiro atoms. The van der Waals surface area contributed by atoms with E-state index in [1.165, 1.54) is 11.1 Å². The predicted molar refractivity (Wildman–Crippen MR) is 388 cm³/mol. The topological polar surface area (TPSA) is 38.8 Å². The van der Waals surface area contributed by atoms with Crippen LogP contribution in [0.5, 0.6) is 11.5 Å². The van der Waals surface area contributed by atoms with Gasteiger partial charge in [-0.3, -0.25) is 9.69 Å². The number of rotatable bonds is 9. The van der Waals surface area contributed by atoms with Gasteiger partial charge in [0.05, 0.1) is 10.8 Å². The highest BCUT2D eigenvalue weighted by atomic mass is 16.5. The zero-order chi connectivity index (χ0) is 57.8. The SMILES string of the molecule is CN1CC23c4c5c6c7c8c9c(c%10c%11c2c2c4c4c%12c5c5c6c6c8c8c%13c9c9c%10c%10c%11c%11c2c2c4c4c%12c%12c5c5c6c8c6c8c%13c9c9c%10c%10c%11c2c2c4c4c%12c5c6c5c8c9c%10c2c45)C73C1c1ccc(OCc2ccc(-c3ccc(COc4ccc(C=O)cc4)cc3)cc2)cc1. The third kappa shape index (κ3) is 2.68. The van der Waals surface area contributed by atoms with Gasteiger partial charge in [0, 0.05) is 18.2 Å². The third-order valence-electron chi connectivity index (χ3n) is 30.2. The number of likely N-dealkylation sites (tertiary alicyclic amines) is 1. The van der Waals surface area contributed by atoms with Gasteiger partial charge in [-0.05, 0) is 384 Å². The Morgan fingerprint density at radius 1 is 0.309 bits per heavy atom. The van der Waals surface area contributed by atoms with Crippen molar-refractivity contribution < 1.29 is 14.3 Å². The minimum atomic E-state index is -0.406. The van der Waals surface area contributed by atoms with Crippen molar-refractivity contribution in [3.05, 3.63) is 142 Å². The number of benzene rings is 22. The van der Waals surface area contributed by atoms with E-state index < -0.39 is 5.41 Å². The lowest BCUT2D eigenvalue weighted by Crippen LogP contribution is -2.51. The summed E-state index contributed by atoms with van der Waals surface area (Å²) in [6, 6.07) is 34.5. The zero-order valence-corrected chi connectivity index (χ0v) is 49.2. The number of carbonyl (C=O) groups excluding carboxylic acids is 1. The molecular weight excluding hydrogens is 1140 g/mol. The van der Waals surface area contributed by atoms with Gasteiger partial charge in [0.1, 0.15) is 31.0 Å². The Morgan fingerprint density at radius 3 is 0.798 bits per heavy atom. The Morgan fingerprint density at radius 2 is 0.543 bits per heavy atom. The number of hydrogen-bond donors (Lipinski definition) is 0. The Balaban J connectivity index is 0.671. The lowest BCUT2D eigenvalue weighted by Gasteiger charge is -2.52. The summed E-state index contributed by atoms with van der Waals surface area (Å²) < 4.78 is 12.9. The maximum absolute atomic E-state index is 11.1. The van der Waals surface area contributed by atoms with Crippen LogP contribution < -0.4 is 9.47 Å². The molecule has 32 aromatic rings. The summed E-state index contributed by atoms with van der Waals surface area (Å²) in [6.07, 6.45) is 0.856. The van der Waals surface area contributed by atoms with E-state index in [1.807, 2.05) is 12.1 Å². The monoisotopic (exact) mass is 1170 g/mol. The number of hydrogen-bond acceptors (Lipinski definition) is 4. The van der Waals surface area contributed by atoms with Crippen LogP contribution in [-0.2, 0) is 24.0 Å². The molecule has 1 saturated heterocycles. The van der Waals surface area contributed by atoms with Crippen LogP contribution in [0.1, 0.15) is 55.3 Å². The van der Waals surface area contributed by atoms with Crippen molar-refractivity contribution in [1.29, 1.82) is 0 Å². The summed E-state index contributed by atoms with van der Waals surface area (Å²) in [5.74, 6) is 1.67. The molecule has 0 amide bonds. The quantitative estimate of drug-likeness (QED) is 0.107. The normalized spacial score (nSPS) is 20.6. The van der Waals surface area contributed by atoms with Crippen LogP contribution in [0.3, 0.4) is 0 Å². The van der Waals surface area contributed by atoms with Crippen molar-refractivity contribution in [2.75, 3.05) is 13.6 Å². The van der Waals surface area contributed by atoms with E-state index >= 15 is 0 Å². The molecule has 0 radical (unpaired) electrons. The van der Waals surface area contributed by atoms with Crippen LogP contribution in [0, 0.1) is 0 Å². The molecule has 1 fully saturated rings. The summed E-state index contributed by atoms with van der Waals surface area (Å²) in [7, 11) is 2.56. The van der Waals surface area contributed by atoms with Crippen molar-refractivity contribution in [2.45, 2.75) is 30.1 Å². The highest BCUT2D eigenvalue weighted by Gasteiger charge is 2.76. The Bertz CT molecular complexity index is 8650. The highest BCUT2D eigenvalue weighted by molar-refractivity contribution is 6.82. The second kappa shape index (κ2) is 10.3. The molecule has 5 aliphatic rings. The van der Waals surface area contributed by atoms with Crippen molar-refractivity contribution >= 4 is 297 Å². The average Bonchev–Trinajstić information content (AvgIpc) is 1.38.